The zero-order chi connectivity index (χ0) is 11.6. The molecule has 0 unspecified atom stereocenters. The van der Waals surface area contributed by atoms with Crippen LogP contribution in [-0.4, -0.2) is 31.7 Å². The van der Waals surface area contributed by atoms with Crippen LogP contribution in [0.4, 0.5) is 0 Å². The largest absolute Gasteiger partial charge is 0.392 e. The minimum absolute atomic E-state index is 0.120. The van der Waals surface area contributed by atoms with Crippen molar-refractivity contribution in [1.82, 2.24) is 0 Å². The van der Waals surface area contributed by atoms with Crippen LogP contribution in [0.15, 0.2) is 12.2 Å². The molecule has 2 atom stereocenters. The van der Waals surface area contributed by atoms with Crippen molar-refractivity contribution in [2.75, 3.05) is 20.5 Å². The van der Waals surface area contributed by atoms with E-state index in [2.05, 4.69) is 12.2 Å². The topological polar surface area (TPSA) is 38.7 Å². The van der Waals surface area contributed by atoms with E-state index < -0.39 is 0 Å². The molecule has 0 saturated carbocycles. The van der Waals surface area contributed by atoms with E-state index in [1.807, 2.05) is 0 Å². The Labute approximate surface area is 98.4 Å². The summed E-state index contributed by atoms with van der Waals surface area (Å²) in [5.41, 5.74) is 0. The lowest BCUT2D eigenvalue weighted by Gasteiger charge is -2.12. The third-order valence-corrected chi connectivity index (χ3v) is 3.03. The highest BCUT2D eigenvalue weighted by atomic mass is 16.7. The Kier molecular flexibility index (Phi) is 7.47. The van der Waals surface area contributed by atoms with Gasteiger partial charge in [-0.15, -0.1) is 0 Å². The zero-order valence-electron chi connectivity index (χ0n) is 10.2. The van der Waals surface area contributed by atoms with Gasteiger partial charge in [0, 0.05) is 19.6 Å². The van der Waals surface area contributed by atoms with Crippen molar-refractivity contribution in [3.63, 3.8) is 0 Å². The minimum atomic E-state index is -0.120. The molecule has 1 rings (SSSR count). The Balaban J connectivity index is 1.83. The van der Waals surface area contributed by atoms with Gasteiger partial charge in [0.15, 0.2) is 0 Å². The fourth-order valence-electron chi connectivity index (χ4n) is 2.06. The second-order valence-electron chi connectivity index (χ2n) is 4.41. The van der Waals surface area contributed by atoms with Crippen molar-refractivity contribution in [2.24, 2.45) is 5.92 Å². The Morgan fingerprint density at radius 2 is 2.06 bits per heavy atom. The number of hydrogen-bond donors (Lipinski definition) is 1. The van der Waals surface area contributed by atoms with Gasteiger partial charge in [0.25, 0.3) is 0 Å². The first-order chi connectivity index (χ1) is 7.84. The summed E-state index contributed by atoms with van der Waals surface area (Å²) in [4.78, 5) is 0. The molecule has 0 radical (unpaired) electrons. The van der Waals surface area contributed by atoms with E-state index in [0.29, 0.717) is 12.7 Å². The molecule has 94 valence electrons. The van der Waals surface area contributed by atoms with Crippen LogP contribution >= 0.6 is 0 Å². The first kappa shape index (κ1) is 13.7. The van der Waals surface area contributed by atoms with Crippen LogP contribution in [0.25, 0.3) is 0 Å². The first-order valence-electron chi connectivity index (χ1n) is 6.26. The maximum atomic E-state index is 9.59. The van der Waals surface area contributed by atoms with Crippen LogP contribution in [0.5, 0.6) is 0 Å². The number of ether oxygens (including phenoxy) is 2. The van der Waals surface area contributed by atoms with Crippen molar-refractivity contribution in [2.45, 2.75) is 44.6 Å². The monoisotopic (exact) mass is 228 g/mol. The molecule has 0 fully saturated rings. The highest BCUT2D eigenvalue weighted by Gasteiger charge is 2.18. The molecule has 0 aromatic carbocycles. The molecular formula is C13H24O3. The SMILES string of the molecule is COCOCCCCCC[C@H]1C=CC[C@@H]1O. The maximum Gasteiger partial charge on any atom is 0.146 e. The fraction of sp³-hybridized carbons (Fsp3) is 0.846. The summed E-state index contributed by atoms with van der Waals surface area (Å²) >= 11 is 0. The van der Waals surface area contributed by atoms with Crippen molar-refractivity contribution >= 4 is 0 Å². The van der Waals surface area contributed by atoms with E-state index in [0.717, 1.165) is 25.9 Å². The number of aliphatic hydroxyl groups is 1. The Bertz CT molecular complexity index is 192. The summed E-state index contributed by atoms with van der Waals surface area (Å²) in [5.74, 6) is 0.407. The fourth-order valence-corrected chi connectivity index (χ4v) is 2.06. The van der Waals surface area contributed by atoms with Gasteiger partial charge in [0.05, 0.1) is 6.10 Å². The molecule has 0 aliphatic heterocycles. The molecule has 0 spiro atoms. The average molecular weight is 228 g/mol. The lowest BCUT2D eigenvalue weighted by atomic mass is 9.98. The summed E-state index contributed by atoms with van der Waals surface area (Å²) in [6, 6.07) is 0. The number of unbranched alkanes of at least 4 members (excludes halogenated alkanes) is 3. The van der Waals surface area contributed by atoms with Crippen molar-refractivity contribution in [1.29, 1.82) is 0 Å². The molecule has 0 amide bonds. The lowest BCUT2D eigenvalue weighted by Crippen LogP contribution is -2.12. The standard InChI is InChI=1S/C13H24O3/c1-15-11-16-10-5-3-2-4-7-12-8-6-9-13(12)14/h6,8,12-14H,2-5,7,9-11H2,1H3/t12-,13-/m0/s1. The Hall–Kier alpha value is -0.380. The third-order valence-electron chi connectivity index (χ3n) is 3.03. The maximum absolute atomic E-state index is 9.59. The normalized spacial score (nSPS) is 24.1. The van der Waals surface area contributed by atoms with E-state index in [1.54, 1.807) is 7.11 Å². The van der Waals surface area contributed by atoms with Gasteiger partial charge in [-0.05, 0) is 19.3 Å². The molecule has 0 heterocycles. The Morgan fingerprint density at radius 1 is 1.25 bits per heavy atom. The van der Waals surface area contributed by atoms with Crippen LogP contribution in [0.1, 0.15) is 38.5 Å². The van der Waals surface area contributed by atoms with Crippen molar-refractivity contribution in [3.05, 3.63) is 12.2 Å². The van der Waals surface area contributed by atoms with Gasteiger partial charge in [-0.2, -0.15) is 0 Å². The van der Waals surface area contributed by atoms with Gasteiger partial charge in [-0.25, -0.2) is 0 Å². The summed E-state index contributed by atoms with van der Waals surface area (Å²) in [5, 5.41) is 9.59. The molecule has 16 heavy (non-hydrogen) atoms. The second-order valence-corrected chi connectivity index (χ2v) is 4.41. The smallest absolute Gasteiger partial charge is 0.146 e. The van der Waals surface area contributed by atoms with Gasteiger partial charge >= 0.3 is 0 Å². The molecule has 0 aromatic rings. The van der Waals surface area contributed by atoms with Gasteiger partial charge in [-0.3, -0.25) is 0 Å². The molecule has 0 aromatic heterocycles. The van der Waals surface area contributed by atoms with Gasteiger partial charge < -0.3 is 14.6 Å². The predicted octanol–water partition coefficient (Wildman–Crippen LogP) is 2.49. The highest BCUT2D eigenvalue weighted by Crippen LogP contribution is 2.23. The summed E-state index contributed by atoms with van der Waals surface area (Å²) in [6.45, 7) is 1.19. The number of rotatable bonds is 9. The summed E-state index contributed by atoms with van der Waals surface area (Å²) < 4.78 is 10.00. The quantitative estimate of drug-likeness (QED) is 0.374. The van der Waals surface area contributed by atoms with E-state index >= 15 is 0 Å². The van der Waals surface area contributed by atoms with Crippen LogP contribution in [-0.2, 0) is 9.47 Å². The van der Waals surface area contributed by atoms with E-state index in [4.69, 9.17) is 9.47 Å². The van der Waals surface area contributed by atoms with E-state index in [1.165, 1.54) is 19.3 Å². The summed E-state index contributed by atoms with van der Waals surface area (Å²) in [7, 11) is 1.64. The predicted molar refractivity (Wildman–Crippen MR) is 64.2 cm³/mol. The number of aliphatic hydroxyl groups excluding tert-OH is 1. The van der Waals surface area contributed by atoms with Gasteiger partial charge in [-0.1, -0.05) is 31.4 Å². The Morgan fingerprint density at radius 3 is 2.75 bits per heavy atom. The molecular weight excluding hydrogens is 204 g/mol. The van der Waals surface area contributed by atoms with Crippen LogP contribution in [0.2, 0.25) is 0 Å². The molecule has 1 aliphatic carbocycles. The molecule has 1 aliphatic rings. The molecule has 1 N–H and O–H groups in total. The zero-order valence-corrected chi connectivity index (χ0v) is 10.2. The number of methoxy groups -OCH3 is 1. The minimum Gasteiger partial charge on any atom is -0.392 e. The molecule has 0 saturated heterocycles. The van der Waals surface area contributed by atoms with Crippen molar-refractivity contribution in [3.8, 4) is 0 Å². The van der Waals surface area contributed by atoms with E-state index in [9.17, 15) is 5.11 Å². The van der Waals surface area contributed by atoms with Crippen LogP contribution in [0, 0.1) is 5.92 Å². The van der Waals surface area contributed by atoms with Crippen LogP contribution < -0.4 is 0 Å². The number of hydrogen-bond acceptors (Lipinski definition) is 3. The van der Waals surface area contributed by atoms with Crippen molar-refractivity contribution < 1.29 is 14.6 Å². The van der Waals surface area contributed by atoms with Crippen LogP contribution in [0.3, 0.4) is 0 Å². The first-order valence-corrected chi connectivity index (χ1v) is 6.26. The van der Waals surface area contributed by atoms with Gasteiger partial charge in [0.2, 0.25) is 0 Å². The molecule has 0 bridgehead atoms. The third kappa shape index (κ3) is 5.64. The summed E-state index contributed by atoms with van der Waals surface area (Å²) in [6.07, 6.45) is 10.8. The highest BCUT2D eigenvalue weighted by molar-refractivity contribution is 5.01. The molecule has 3 heteroatoms. The average Bonchev–Trinajstić information content (AvgIpc) is 2.68. The molecule has 3 nitrogen and oxygen atoms in total. The second kappa shape index (κ2) is 8.74. The lowest BCUT2D eigenvalue weighted by molar-refractivity contribution is -0.0315. The van der Waals surface area contributed by atoms with E-state index in [-0.39, 0.29) is 6.10 Å². The van der Waals surface area contributed by atoms with Gasteiger partial charge in [0.1, 0.15) is 6.79 Å².